The van der Waals surface area contributed by atoms with E-state index in [2.05, 4.69) is 0 Å². The first-order valence-electron chi connectivity index (χ1n) is 6.49. The fourth-order valence-corrected chi connectivity index (χ4v) is 3.04. The van der Waals surface area contributed by atoms with Crippen LogP contribution in [0.1, 0.15) is 22.5 Å². The largest absolute Gasteiger partial charge is 0.494 e. The Kier molecular flexibility index (Phi) is 2.85. The van der Waals surface area contributed by atoms with E-state index in [4.69, 9.17) is 14.2 Å². The van der Waals surface area contributed by atoms with Gasteiger partial charge in [0.15, 0.2) is 17.3 Å². The summed E-state index contributed by atoms with van der Waals surface area (Å²) in [6, 6.07) is 1.87. The van der Waals surface area contributed by atoms with E-state index >= 15 is 0 Å². The SMILES string of the molecule is COc1c(C)c(OC)c2c(cc3n2CCC3=O)c1OC. The number of hydrogen-bond acceptors (Lipinski definition) is 4. The number of hydrogen-bond donors (Lipinski definition) is 0. The standard InChI is InChI=1S/C15H17NO4/c1-8-13(18-2)12-9(15(20-4)14(8)19-3)7-10-11(17)5-6-16(10)12/h7H,5-6H2,1-4H3. The Labute approximate surface area is 117 Å². The number of carbonyl (C=O) groups is 1. The third kappa shape index (κ3) is 1.46. The van der Waals surface area contributed by atoms with Gasteiger partial charge in [-0.05, 0) is 13.0 Å². The molecule has 5 heteroatoms. The molecule has 0 spiro atoms. The minimum Gasteiger partial charge on any atom is -0.494 e. The maximum absolute atomic E-state index is 11.9. The molecule has 0 aliphatic carbocycles. The van der Waals surface area contributed by atoms with E-state index in [-0.39, 0.29) is 5.78 Å². The molecular weight excluding hydrogens is 258 g/mol. The molecule has 1 aliphatic rings. The lowest BCUT2D eigenvalue weighted by Gasteiger charge is -2.16. The van der Waals surface area contributed by atoms with E-state index < -0.39 is 0 Å². The van der Waals surface area contributed by atoms with Crippen molar-refractivity contribution in [3.8, 4) is 17.2 Å². The van der Waals surface area contributed by atoms with Crippen LogP contribution in [-0.2, 0) is 6.54 Å². The minimum atomic E-state index is 0.155. The topological polar surface area (TPSA) is 49.7 Å². The molecule has 106 valence electrons. The summed E-state index contributed by atoms with van der Waals surface area (Å²) in [4.78, 5) is 11.9. The number of fused-ring (bicyclic) bond motifs is 3. The lowest BCUT2D eigenvalue weighted by atomic mass is 10.1. The van der Waals surface area contributed by atoms with Crippen molar-refractivity contribution in [3.05, 3.63) is 17.3 Å². The number of ether oxygens (including phenoxy) is 3. The van der Waals surface area contributed by atoms with Crippen molar-refractivity contribution >= 4 is 16.7 Å². The van der Waals surface area contributed by atoms with Crippen LogP contribution in [0.4, 0.5) is 0 Å². The van der Waals surface area contributed by atoms with Gasteiger partial charge in [0.25, 0.3) is 0 Å². The Balaban J connectivity index is 2.48. The smallest absolute Gasteiger partial charge is 0.181 e. The van der Waals surface area contributed by atoms with Crippen LogP contribution in [0.2, 0.25) is 0 Å². The third-order valence-electron chi connectivity index (χ3n) is 3.90. The quantitative estimate of drug-likeness (QED) is 0.863. The van der Waals surface area contributed by atoms with E-state index in [9.17, 15) is 4.79 Å². The van der Waals surface area contributed by atoms with Crippen LogP contribution in [0, 0.1) is 6.92 Å². The summed E-state index contributed by atoms with van der Waals surface area (Å²) < 4.78 is 18.5. The second kappa shape index (κ2) is 4.44. The molecule has 5 nitrogen and oxygen atoms in total. The zero-order valence-corrected chi connectivity index (χ0v) is 12.1. The average molecular weight is 275 g/mol. The lowest BCUT2D eigenvalue weighted by Crippen LogP contribution is -2.00. The van der Waals surface area contributed by atoms with E-state index in [1.54, 1.807) is 21.3 Å². The van der Waals surface area contributed by atoms with Crippen LogP contribution < -0.4 is 14.2 Å². The van der Waals surface area contributed by atoms with Gasteiger partial charge in [-0.2, -0.15) is 0 Å². The Morgan fingerprint density at radius 2 is 1.70 bits per heavy atom. The van der Waals surface area contributed by atoms with Gasteiger partial charge >= 0.3 is 0 Å². The molecular formula is C15H17NO4. The molecule has 2 heterocycles. The summed E-state index contributed by atoms with van der Waals surface area (Å²) in [6.45, 7) is 2.61. The van der Waals surface area contributed by atoms with Crippen molar-refractivity contribution in [1.82, 2.24) is 4.57 Å². The number of aromatic nitrogens is 1. The normalized spacial score (nSPS) is 13.7. The highest BCUT2D eigenvalue weighted by molar-refractivity contribution is 6.06. The van der Waals surface area contributed by atoms with Crippen LogP contribution >= 0.6 is 0 Å². The first-order valence-corrected chi connectivity index (χ1v) is 6.49. The second-order valence-electron chi connectivity index (χ2n) is 4.84. The monoisotopic (exact) mass is 275 g/mol. The third-order valence-corrected chi connectivity index (χ3v) is 3.90. The van der Waals surface area contributed by atoms with Crippen LogP contribution in [0.15, 0.2) is 6.07 Å². The summed E-state index contributed by atoms with van der Waals surface area (Å²) in [5.74, 6) is 2.18. The van der Waals surface area contributed by atoms with Gasteiger partial charge in [0.1, 0.15) is 5.75 Å². The highest BCUT2D eigenvalue weighted by Gasteiger charge is 2.29. The number of carbonyl (C=O) groups excluding carboxylic acids is 1. The molecule has 0 fully saturated rings. The van der Waals surface area contributed by atoms with Gasteiger partial charge in [-0.15, -0.1) is 0 Å². The number of rotatable bonds is 3. The van der Waals surface area contributed by atoms with Crippen LogP contribution in [0.25, 0.3) is 10.9 Å². The minimum absolute atomic E-state index is 0.155. The zero-order valence-electron chi connectivity index (χ0n) is 12.1. The number of Topliss-reactive ketones (excluding diaryl/α,β-unsaturated/α-hetero) is 1. The van der Waals surface area contributed by atoms with Gasteiger partial charge in [0, 0.05) is 18.5 Å². The van der Waals surface area contributed by atoms with Crippen molar-refractivity contribution in [2.24, 2.45) is 0 Å². The first-order chi connectivity index (χ1) is 9.63. The molecule has 0 saturated carbocycles. The van der Waals surface area contributed by atoms with Crippen molar-refractivity contribution in [2.75, 3.05) is 21.3 Å². The molecule has 0 bridgehead atoms. The summed E-state index contributed by atoms with van der Waals surface area (Å²) in [5.41, 5.74) is 2.49. The molecule has 1 aromatic carbocycles. The first kappa shape index (κ1) is 12.8. The molecule has 0 amide bonds. The molecule has 2 aromatic rings. The van der Waals surface area contributed by atoms with E-state index in [1.807, 2.05) is 17.6 Å². The van der Waals surface area contributed by atoms with Gasteiger partial charge in [0.2, 0.25) is 0 Å². The fraction of sp³-hybridized carbons (Fsp3) is 0.400. The molecule has 3 rings (SSSR count). The highest BCUT2D eigenvalue weighted by Crippen LogP contribution is 2.47. The van der Waals surface area contributed by atoms with E-state index in [0.717, 1.165) is 22.2 Å². The molecule has 0 saturated heterocycles. The Morgan fingerprint density at radius 1 is 1.05 bits per heavy atom. The van der Waals surface area contributed by atoms with Gasteiger partial charge in [-0.1, -0.05) is 0 Å². The summed E-state index contributed by atoms with van der Waals surface area (Å²) in [6.07, 6.45) is 0.543. The lowest BCUT2D eigenvalue weighted by molar-refractivity contribution is 0.0994. The molecule has 0 radical (unpaired) electrons. The molecule has 0 atom stereocenters. The second-order valence-corrected chi connectivity index (χ2v) is 4.84. The predicted molar refractivity (Wildman–Crippen MR) is 75.3 cm³/mol. The Morgan fingerprint density at radius 3 is 2.30 bits per heavy atom. The maximum atomic E-state index is 11.9. The van der Waals surface area contributed by atoms with Gasteiger partial charge in [-0.3, -0.25) is 4.79 Å². The molecule has 0 N–H and O–H groups in total. The number of nitrogens with zero attached hydrogens (tertiary/aromatic N) is 1. The van der Waals surface area contributed by atoms with Crippen molar-refractivity contribution in [1.29, 1.82) is 0 Å². The van der Waals surface area contributed by atoms with Crippen LogP contribution in [0.5, 0.6) is 17.2 Å². The summed E-state index contributed by atoms with van der Waals surface area (Å²) in [5, 5.41) is 0.856. The zero-order chi connectivity index (χ0) is 14.4. The summed E-state index contributed by atoms with van der Waals surface area (Å²) >= 11 is 0. The maximum Gasteiger partial charge on any atom is 0.181 e. The Hall–Kier alpha value is -2.17. The highest BCUT2D eigenvalue weighted by atomic mass is 16.5. The average Bonchev–Trinajstić information content (AvgIpc) is 2.98. The van der Waals surface area contributed by atoms with Gasteiger partial charge in [-0.25, -0.2) is 0 Å². The molecule has 1 aromatic heterocycles. The number of methoxy groups -OCH3 is 3. The molecule has 1 aliphatic heterocycles. The number of aryl methyl sites for hydroxylation is 1. The molecule has 0 unspecified atom stereocenters. The Bertz CT molecular complexity index is 715. The molecule has 20 heavy (non-hydrogen) atoms. The number of benzene rings is 1. The summed E-state index contributed by atoms with van der Waals surface area (Å²) in [7, 11) is 4.84. The van der Waals surface area contributed by atoms with Crippen LogP contribution in [-0.4, -0.2) is 31.7 Å². The van der Waals surface area contributed by atoms with Gasteiger partial charge in [0.05, 0.1) is 37.9 Å². The van der Waals surface area contributed by atoms with Crippen molar-refractivity contribution in [2.45, 2.75) is 19.9 Å². The van der Waals surface area contributed by atoms with E-state index in [0.29, 0.717) is 30.2 Å². The van der Waals surface area contributed by atoms with E-state index in [1.165, 1.54) is 0 Å². The van der Waals surface area contributed by atoms with Crippen LogP contribution in [0.3, 0.4) is 0 Å². The van der Waals surface area contributed by atoms with Crippen molar-refractivity contribution in [3.63, 3.8) is 0 Å². The van der Waals surface area contributed by atoms with Crippen molar-refractivity contribution < 1.29 is 19.0 Å². The number of ketones is 1. The fourth-order valence-electron chi connectivity index (χ4n) is 3.04. The van der Waals surface area contributed by atoms with Gasteiger partial charge < -0.3 is 18.8 Å². The predicted octanol–water partition coefficient (Wildman–Crippen LogP) is 2.56.